The van der Waals surface area contributed by atoms with Gasteiger partial charge in [0, 0.05) is 37.5 Å². The van der Waals surface area contributed by atoms with Gasteiger partial charge in [0.15, 0.2) is 5.82 Å². The third-order valence-electron chi connectivity index (χ3n) is 5.97. The van der Waals surface area contributed by atoms with Crippen LogP contribution in [-0.2, 0) is 24.2 Å². The van der Waals surface area contributed by atoms with E-state index in [-0.39, 0.29) is 18.6 Å². The van der Waals surface area contributed by atoms with Crippen LogP contribution in [0.25, 0.3) is 10.9 Å². The predicted molar refractivity (Wildman–Crippen MR) is 111 cm³/mol. The van der Waals surface area contributed by atoms with Gasteiger partial charge in [-0.25, -0.2) is 0 Å². The molecule has 2 aromatic heterocycles. The molecule has 3 aromatic rings. The maximum atomic E-state index is 11.3. The van der Waals surface area contributed by atoms with Crippen LogP contribution in [0, 0.1) is 0 Å². The third kappa shape index (κ3) is 3.52. The van der Waals surface area contributed by atoms with Crippen molar-refractivity contribution in [3.05, 3.63) is 47.8 Å². The number of carbonyl (C=O) groups is 1. The molecule has 1 fully saturated rings. The lowest BCUT2D eigenvalue weighted by atomic mass is 10.1. The molecule has 0 atom stereocenters. The van der Waals surface area contributed by atoms with Gasteiger partial charge in [0.1, 0.15) is 18.4 Å². The molecule has 7 heteroatoms. The van der Waals surface area contributed by atoms with E-state index in [1.807, 2.05) is 35.0 Å². The van der Waals surface area contributed by atoms with Gasteiger partial charge in [0.2, 0.25) is 5.91 Å². The molecule has 0 bridgehead atoms. The summed E-state index contributed by atoms with van der Waals surface area (Å²) >= 11 is 0. The van der Waals surface area contributed by atoms with Crippen molar-refractivity contribution in [1.29, 1.82) is 0 Å². The zero-order chi connectivity index (χ0) is 19.8. The van der Waals surface area contributed by atoms with Gasteiger partial charge in [-0.05, 0) is 49.1 Å². The van der Waals surface area contributed by atoms with E-state index in [4.69, 9.17) is 10.5 Å². The van der Waals surface area contributed by atoms with Crippen molar-refractivity contribution in [2.75, 3.05) is 18.0 Å². The summed E-state index contributed by atoms with van der Waals surface area (Å²) in [6, 6.07) is 10.2. The first-order valence-corrected chi connectivity index (χ1v) is 10.3. The van der Waals surface area contributed by atoms with Crippen LogP contribution in [0.2, 0.25) is 0 Å². The molecular weight excluding hydrogens is 366 g/mol. The highest BCUT2D eigenvalue weighted by atomic mass is 16.5. The molecular formula is C22H25N5O2. The number of anilines is 1. The molecule has 2 N–H and O–H groups in total. The Kier molecular flexibility index (Phi) is 4.58. The fraction of sp³-hybridized carbons (Fsp3) is 0.409. The second kappa shape index (κ2) is 7.39. The molecule has 1 amide bonds. The number of benzene rings is 1. The number of hydrogen-bond donors (Lipinski definition) is 1. The number of carbonyl (C=O) groups excluding carboxylic acids is 1. The number of aryl methyl sites for hydroxylation is 2. The Bertz CT molecular complexity index is 1050. The summed E-state index contributed by atoms with van der Waals surface area (Å²) in [6.45, 7) is 2.00. The molecule has 0 unspecified atom stereocenters. The third-order valence-corrected chi connectivity index (χ3v) is 5.97. The van der Waals surface area contributed by atoms with Gasteiger partial charge in [-0.2, -0.15) is 5.10 Å². The number of primary amides is 1. The van der Waals surface area contributed by atoms with Gasteiger partial charge in [0.05, 0.1) is 11.2 Å². The second-order valence-corrected chi connectivity index (χ2v) is 7.93. The van der Waals surface area contributed by atoms with Crippen molar-refractivity contribution in [3.8, 4) is 5.75 Å². The molecule has 3 heterocycles. The van der Waals surface area contributed by atoms with Crippen molar-refractivity contribution >= 4 is 22.6 Å². The van der Waals surface area contributed by atoms with Gasteiger partial charge in [-0.15, -0.1) is 5.10 Å². The summed E-state index contributed by atoms with van der Waals surface area (Å²) in [5, 5.41) is 9.88. The van der Waals surface area contributed by atoms with Crippen LogP contribution in [0.4, 0.5) is 5.82 Å². The van der Waals surface area contributed by atoms with E-state index in [2.05, 4.69) is 21.2 Å². The van der Waals surface area contributed by atoms with E-state index < -0.39 is 0 Å². The second-order valence-electron chi connectivity index (χ2n) is 7.93. The number of piperidine rings is 1. The van der Waals surface area contributed by atoms with Gasteiger partial charge in [-0.1, -0.05) is 6.07 Å². The van der Waals surface area contributed by atoms with Crippen LogP contribution >= 0.6 is 0 Å². The highest BCUT2D eigenvalue weighted by molar-refractivity contribution is 5.87. The molecule has 0 radical (unpaired) electrons. The Morgan fingerprint density at radius 1 is 1.17 bits per heavy atom. The summed E-state index contributed by atoms with van der Waals surface area (Å²) in [6.07, 6.45) is 7.31. The topological polar surface area (TPSA) is 86.3 Å². The van der Waals surface area contributed by atoms with Crippen LogP contribution in [0.5, 0.6) is 5.75 Å². The number of hydrogen-bond acceptors (Lipinski definition) is 5. The predicted octanol–water partition coefficient (Wildman–Crippen LogP) is 2.45. The van der Waals surface area contributed by atoms with Crippen molar-refractivity contribution in [2.24, 2.45) is 5.73 Å². The van der Waals surface area contributed by atoms with E-state index >= 15 is 0 Å². The minimum absolute atomic E-state index is 0.165. The Labute approximate surface area is 169 Å². The summed E-state index contributed by atoms with van der Waals surface area (Å²) < 4.78 is 8.21. The van der Waals surface area contributed by atoms with Crippen molar-refractivity contribution in [2.45, 2.75) is 44.8 Å². The minimum Gasteiger partial charge on any atom is -0.490 e. The lowest BCUT2D eigenvalue weighted by Crippen LogP contribution is -2.38. The molecule has 5 rings (SSSR count). The SMILES string of the molecule is NC(=O)Cn1ccc2c(OC3CCN(c4cc5c(nn4)CCC5)CC3)cccc21. The van der Waals surface area contributed by atoms with Gasteiger partial charge in [0.25, 0.3) is 0 Å². The molecule has 1 aromatic carbocycles. The zero-order valence-corrected chi connectivity index (χ0v) is 16.4. The number of aromatic nitrogens is 3. The molecule has 0 saturated carbocycles. The van der Waals surface area contributed by atoms with Crippen LogP contribution in [0.1, 0.15) is 30.5 Å². The maximum Gasteiger partial charge on any atom is 0.237 e. The monoisotopic (exact) mass is 391 g/mol. The molecule has 150 valence electrons. The molecule has 7 nitrogen and oxygen atoms in total. The average molecular weight is 391 g/mol. The molecule has 2 aliphatic rings. The number of nitrogens with zero attached hydrogens (tertiary/aromatic N) is 4. The Morgan fingerprint density at radius 3 is 2.86 bits per heavy atom. The van der Waals surface area contributed by atoms with Gasteiger partial charge < -0.3 is 19.9 Å². The first kappa shape index (κ1) is 18.0. The number of fused-ring (bicyclic) bond motifs is 2. The minimum atomic E-state index is -0.351. The summed E-state index contributed by atoms with van der Waals surface area (Å²) in [5.41, 5.74) is 8.84. The van der Waals surface area contributed by atoms with E-state index in [9.17, 15) is 4.79 Å². The largest absolute Gasteiger partial charge is 0.490 e. The first-order chi connectivity index (χ1) is 14.2. The highest BCUT2D eigenvalue weighted by Crippen LogP contribution is 2.30. The fourth-order valence-corrected chi connectivity index (χ4v) is 4.46. The normalized spacial score (nSPS) is 16.9. The smallest absolute Gasteiger partial charge is 0.237 e. The van der Waals surface area contributed by atoms with Crippen molar-refractivity contribution in [3.63, 3.8) is 0 Å². The van der Waals surface area contributed by atoms with Crippen molar-refractivity contribution < 1.29 is 9.53 Å². The Balaban J connectivity index is 1.26. The molecule has 29 heavy (non-hydrogen) atoms. The lowest BCUT2D eigenvalue weighted by molar-refractivity contribution is -0.118. The van der Waals surface area contributed by atoms with E-state index in [0.29, 0.717) is 0 Å². The quantitative estimate of drug-likeness (QED) is 0.722. The molecule has 1 saturated heterocycles. The Hall–Kier alpha value is -3.09. The standard InChI is InChI=1S/C22H25N5O2/c23-21(28)14-27-12-9-17-19(27)5-2-6-20(17)29-16-7-10-26(11-8-16)22-13-15-3-1-4-18(15)24-25-22/h2,5-6,9,12-13,16H,1,3-4,7-8,10-11,14H2,(H2,23,28). The molecule has 1 aliphatic carbocycles. The van der Waals surface area contributed by atoms with Crippen LogP contribution < -0.4 is 15.4 Å². The molecule has 1 aliphatic heterocycles. The van der Waals surface area contributed by atoms with Crippen molar-refractivity contribution in [1.82, 2.24) is 14.8 Å². The first-order valence-electron chi connectivity index (χ1n) is 10.3. The summed E-state index contributed by atoms with van der Waals surface area (Å²) in [4.78, 5) is 13.6. The van der Waals surface area contributed by atoms with E-state index in [1.54, 1.807) is 0 Å². The summed E-state index contributed by atoms with van der Waals surface area (Å²) in [5.74, 6) is 1.51. The number of nitrogens with two attached hydrogens (primary N) is 1. The highest BCUT2D eigenvalue weighted by Gasteiger charge is 2.24. The van der Waals surface area contributed by atoms with E-state index in [0.717, 1.165) is 61.2 Å². The maximum absolute atomic E-state index is 11.3. The van der Waals surface area contributed by atoms with Crippen LogP contribution in [-0.4, -0.2) is 39.9 Å². The zero-order valence-electron chi connectivity index (χ0n) is 16.4. The number of ether oxygens (including phenoxy) is 1. The summed E-state index contributed by atoms with van der Waals surface area (Å²) in [7, 11) is 0. The lowest BCUT2D eigenvalue weighted by Gasteiger charge is -2.33. The number of rotatable bonds is 5. The Morgan fingerprint density at radius 2 is 2.03 bits per heavy atom. The van der Waals surface area contributed by atoms with E-state index in [1.165, 1.54) is 17.7 Å². The molecule has 0 spiro atoms. The number of amides is 1. The van der Waals surface area contributed by atoms with Gasteiger partial charge >= 0.3 is 0 Å². The van der Waals surface area contributed by atoms with Gasteiger partial charge in [-0.3, -0.25) is 4.79 Å². The van der Waals surface area contributed by atoms with Crippen LogP contribution in [0.15, 0.2) is 36.5 Å². The van der Waals surface area contributed by atoms with Crippen LogP contribution in [0.3, 0.4) is 0 Å². The fourth-order valence-electron chi connectivity index (χ4n) is 4.46. The average Bonchev–Trinajstić information content (AvgIpc) is 3.35.